The van der Waals surface area contributed by atoms with E-state index in [-0.39, 0.29) is 18.4 Å². The van der Waals surface area contributed by atoms with Gasteiger partial charge >= 0.3 is 11.9 Å². The van der Waals surface area contributed by atoms with Crippen molar-refractivity contribution in [2.24, 2.45) is 0 Å². The van der Waals surface area contributed by atoms with E-state index in [0.717, 1.165) is 0 Å². The van der Waals surface area contributed by atoms with Crippen LogP contribution in [0.4, 0.5) is 0 Å². The molecule has 5 nitrogen and oxygen atoms in total. The Balaban J connectivity index is 3.85. The van der Waals surface area contributed by atoms with Crippen LogP contribution in [0.1, 0.15) is 13.8 Å². The predicted molar refractivity (Wildman–Crippen MR) is 53.2 cm³/mol. The Morgan fingerprint density at radius 2 is 2.07 bits per heavy atom. The molecule has 0 aliphatic carbocycles. The zero-order valence-electron chi connectivity index (χ0n) is 8.53. The van der Waals surface area contributed by atoms with Crippen molar-refractivity contribution >= 4 is 22.7 Å². The second-order valence-electron chi connectivity index (χ2n) is 2.74. The molecule has 0 aromatic rings. The van der Waals surface area contributed by atoms with Gasteiger partial charge in [-0.25, -0.2) is 4.79 Å². The monoisotopic (exact) mass is 221 g/mol. The van der Waals surface area contributed by atoms with E-state index in [1.54, 1.807) is 20.1 Å². The summed E-state index contributed by atoms with van der Waals surface area (Å²) in [6, 6.07) is 0. The number of amides is 1. The molecule has 1 amide bonds. The molecule has 0 saturated carbocycles. The van der Waals surface area contributed by atoms with E-state index in [2.05, 4.69) is 10.1 Å². The molecule has 1 N–H and O–H groups in total. The first kappa shape index (κ1) is 13.1. The zero-order valence-corrected chi connectivity index (χ0v) is 9.35. The van der Waals surface area contributed by atoms with Crippen molar-refractivity contribution in [3.63, 3.8) is 0 Å². The molecule has 2 unspecified atom stereocenters. The lowest BCUT2D eigenvalue weighted by Gasteiger charge is -2.08. The van der Waals surface area contributed by atoms with E-state index in [0.29, 0.717) is 0 Å². The van der Waals surface area contributed by atoms with Gasteiger partial charge in [-0.15, -0.1) is 0 Å². The largest absolute Gasteiger partial charge is 0.459 e. The fraction of sp³-hybridized carbons (Fsp3) is 0.750. The fourth-order valence-electron chi connectivity index (χ4n) is 0.623. The minimum Gasteiger partial charge on any atom is -0.459 e. The molecule has 0 spiro atoms. The summed E-state index contributed by atoms with van der Waals surface area (Å²) in [7, 11) is -1.01. The topological polar surface area (TPSA) is 72.5 Å². The SMILES string of the molecule is CCOC(=O)C(=O)NCC(C)S(C)=O. The zero-order chi connectivity index (χ0) is 11.1. The molecule has 0 aliphatic rings. The van der Waals surface area contributed by atoms with Gasteiger partial charge in [0.05, 0.1) is 6.61 Å². The van der Waals surface area contributed by atoms with Crippen molar-refractivity contribution in [3.05, 3.63) is 0 Å². The summed E-state index contributed by atoms with van der Waals surface area (Å²) < 4.78 is 15.4. The van der Waals surface area contributed by atoms with Crippen LogP contribution in [-0.4, -0.2) is 40.7 Å². The van der Waals surface area contributed by atoms with Crippen LogP contribution < -0.4 is 5.32 Å². The summed E-state index contributed by atoms with van der Waals surface area (Å²) in [5, 5.41) is 2.17. The fourth-order valence-corrected chi connectivity index (χ4v) is 0.941. The van der Waals surface area contributed by atoms with Crippen LogP contribution in [0.5, 0.6) is 0 Å². The first-order chi connectivity index (χ1) is 6.49. The number of hydrogen-bond donors (Lipinski definition) is 1. The number of carbonyl (C=O) groups excluding carboxylic acids is 2. The minimum absolute atomic E-state index is 0.168. The number of ether oxygens (including phenoxy) is 1. The summed E-state index contributed by atoms with van der Waals surface area (Å²) in [5.41, 5.74) is 0. The molecule has 0 fully saturated rings. The van der Waals surface area contributed by atoms with Crippen LogP contribution in [0, 0.1) is 0 Å². The molecule has 0 aromatic carbocycles. The van der Waals surface area contributed by atoms with Gasteiger partial charge in [0.25, 0.3) is 0 Å². The molecule has 2 atom stereocenters. The smallest absolute Gasteiger partial charge is 0.396 e. The highest BCUT2D eigenvalue weighted by molar-refractivity contribution is 7.84. The molecule has 0 bridgehead atoms. The van der Waals surface area contributed by atoms with E-state index in [9.17, 15) is 13.8 Å². The third-order valence-electron chi connectivity index (χ3n) is 1.58. The summed E-state index contributed by atoms with van der Waals surface area (Å²) in [5.74, 6) is -1.69. The van der Waals surface area contributed by atoms with E-state index in [4.69, 9.17) is 0 Å². The van der Waals surface area contributed by atoms with Crippen molar-refractivity contribution in [1.29, 1.82) is 0 Å². The quantitative estimate of drug-likeness (QED) is 0.510. The van der Waals surface area contributed by atoms with Crippen LogP contribution in [0.25, 0.3) is 0 Å². The molecule has 14 heavy (non-hydrogen) atoms. The van der Waals surface area contributed by atoms with Crippen LogP contribution in [0.2, 0.25) is 0 Å². The lowest BCUT2D eigenvalue weighted by Crippen LogP contribution is -2.37. The Bertz CT molecular complexity index is 241. The summed E-state index contributed by atoms with van der Waals surface area (Å²) in [4.78, 5) is 21.8. The number of nitrogens with one attached hydrogen (secondary N) is 1. The Hall–Kier alpha value is -0.910. The number of esters is 1. The number of carbonyl (C=O) groups is 2. The average Bonchev–Trinajstić information content (AvgIpc) is 2.13. The highest BCUT2D eigenvalue weighted by Crippen LogP contribution is 1.89. The van der Waals surface area contributed by atoms with Crippen molar-refractivity contribution in [3.8, 4) is 0 Å². The van der Waals surface area contributed by atoms with Crippen LogP contribution in [0.3, 0.4) is 0 Å². The normalized spacial score (nSPS) is 14.2. The van der Waals surface area contributed by atoms with Gasteiger partial charge in [0.2, 0.25) is 0 Å². The van der Waals surface area contributed by atoms with Crippen LogP contribution in [0.15, 0.2) is 0 Å². The molecule has 0 aromatic heterocycles. The van der Waals surface area contributed by atoms with Crippen molar-refractivity contribution in [1.82, 2.24) is 5.32 Å². The first-order valence-electron chi connectivity index (χ1n) is 4.26. The van der Waals surface area contributed by atoms with Crippen LogP contribution in [-0.2, 0) is 25.1 Å². The molecular weight excluding hydrogens is 206 g/mol. The third-order valence-corrected chi connectivity index (χ3v) is 2.88. The van der Waals surface area contributed by atoms with Crippen molar-refractivity contribution < 1.29 is 18.5 Å². The maximum Gasteiger partial charge on any atom is 0.396 e. The van der Waals surface area contributed by atoms with Crippen molar-refractivity contribution in [2.45, 2.75) is 19.1 Å². The van der Waals surface area contributed by atoms with E-state index in [1.807, 2.05) is 0 Å². The Morgan fingerprint density at radius 1 is 1.50 bits per heavy atom. The van der Waals surface area contributed by atoms with Gasteiger partial charge in [-0.05, 0) is 13.8 Å². The van der Waals surface area contributed by atoms with Crippen LogP contribution >= 0.6 is 0 Å². The standard InChI is InChI=1S/C8H15NO4S/c1-4-13-8(11)7(10)9-5-6(2)14(3)12/h6H,4-5H2,1-3H3,(H,9,10). The Kier molecular flexibility index (Phi) is 6.11. The Labute approximate surface area is 85.7 Å². The maximum absolute atomic E-state index is 11.0. The summed E-state index contributed by atoms with van der Waals surface area (Å²) in [6.07, 6.45) is 1.54. The predicted octanol–water partition coefficient (Wildman–Crippen LogP) is -0.567. The van der Waals surface area contributed by atoms with Gasteiger partial charge in [-0.1, -0.05) is 0 Å². The highest BCUT2D eigenvalue weighted by atomic mass is 32.2. The third kappa shape index (κ3) is 4.96. The van der Waals surface area contributed by atoms with Gasteiger partial charge in [0.1, 0.15) is 0 Å². The summed E-state index contributed by atoms with van der Waals surface area (Å²) >= 11 is 0. The molecule has 82 valence electrons. The molecule has 0 saturated heterocycles. The van der Waals surface area contributed by atoms with E-state index < -0.39 is 22.7 Å². The lowest BCUT2D eigenvalue weighted by molar-refractivity contribution is -0.154. The summed E-state index contributed by atoms with van der Waals surface area (Å²) in [6.45, 7) is 3.72. The molecule has 0 heterocycles. The van der Waals surface area contributed by atoms with Gasteiger partial charge in [-0.2, -0.15) is 0 Å². The van der Waals surface area contributed by atoms with Gasteiger partial charge in [0, 0.05) is 28.9 Å². The van der Waals surface area contributed by atoms with Gasteiger partial charge in [0.15, 0.2) is 0 Å². The second kappa shape index (κ2) is 6.53. The lowest BCUT2D eigenvalue weighted by atomic mass is 10.4. The molecular formula is C8H15NO4S. The second-order valence-corrected chi connectivity index (χ2v) is 4.54. The number of rotatable bonds is 4. The van der Waals surface area contributed by atoms with Gasteiger partial charge in [-0.3, -0.25) is 9.00 Å². The van der Waals surface area contributed by atoms with Crippen molar-refractivity contribution in [2.75, 3.05) is 19.4 Å². The van der Waals surface area contributed by atoms with Gasteiger partial charge < -0.3 is 10.1 Å². The molecule has 0 rings (SSSR count). The molecule has 0 radical (unpaired) electrons. The minimum atomic E-state index is -1.01. The molecule has 6 heteroatoms. The Morgan fingerprint density at radius 3 is 2.50 bits per heavy atom. The van der Waals surface area contributed by atoms with E-state index in [1.165, 1.54) is 0 Å². The molecule has 0 aliphatic heterocycles. The number of hydrogen-bond acceptors (Lipinski definition) is 4. The average molecular weight is 221 g/mol. The highest BCUT2D eigenvalue weighted by Gasteiger charge is 2.15. The maximum atomic E-state index is 11.0. The first-order valence-corrected chi connectivity index (χ1v) is 5.88. The van der Waals surface area contributed by atoms with E-state index >= 15 is 0 Å².